The highest BCUT2D eigenvalue weighted by atomic mass is 15.2. The van der Waals surface area contributed by atoms with E-state index in [1.54, 1.807) is 6.20 Å². The monoisotopic (exact) mass is 217 g/mol. The van der Waals surface area contributed by atoms with E-state index in [9.17, 15) is 0 Å². The molecule has 5 heteroatoms. The normalized spacial score (nSPS) is 10.6. The first-order valence-corrected chi connectivity index (χ1v) is 5.40. The zero-order chi connectivity index (χ0) is 11.4. The van der Waals surface area contributed by atoms with Crippen LogP contribution in [0.2, 0.25) is 0 Å². The summed E-state index contributed by atoms with van der Waals surface area (Å²) < 4.78 is 0. The maximum atomic E-state index is 5.50. The Bertz CT molecular complexity index is 446. The molecule has 0 aromatic carbocycles. The van der Waals surface area contributed by atoms with Crippen molar-refractivity contribution in [1.29, 1.82) is 0 Å². The number of aromatic nitrogens is 4. The summed E-state index contributed by atoms with van der Waals surface area (Å²) in [4.78, 5) is 8.63. The zero-order valence-corrected chi connectivity index (χ0v) is 9.27. The number of aromatic amines is 1. The fraction of sp³-hybridized carbons (Fsp3) is 0.364. The second kappa shape index (κ2) is 4.85. The lowest BCUT2D eigenvalue weighted by atomic mass is 10.2. The number of nitrogens with one attached hydrogen (secondary N) is 1. The second-order valence-corrected chi connectivity index (χ2v) is 3.61. The quantitative estimate of drug-likeness (QED) is 0.808. The molecule has 2 aromatic rings. The summed E-state index contributed by atoms with van der Waals surface area (Å²) >= 11 is 0. The van der Waals surface area contributed by atoms with Crippen LogP contribution in [0.5, 0.6) is 0 Å². The van der Waals surface area contributed by atoms with Gasteiger partial charge in [0, 0.05) is 19.2 Å². The fourth-order valence-electron chi connectivity index (χ4n) is 1.44. The molecule has 84 valence electrons. The molecule has 3 N–H and O–H groups in total. The zero-order valence-electron chi connectivity index (χ0n) is 9.27. The fourth-order valence-corrected chi connectivity index (χ4v) is 1.44. The minimum atomic E-state index is 0.502. The topological polar surface area (TPSA) is 80.5 Å². The molecular formula is C11H15N5. The molecule has 5 nitrogen and oxygen atoms in total. The van der Waals surface area contributed by atoms with Crippen molar-refractivity contribution in [3.63, 3.8) is 0 Å². The van der Waals surface area contributed by atoms with E-state index in [4.69, 9.17) is 5.73 Å². The second-order valence-electron chi connectivity index (χ2n) is 3.61. The Kier molecular flexibility index (Phi) is 3.26. The lowest BCUT2D eigenvalue weighted by Gasteiger charge is -1.96. The molecule has 16 heavy (non-hydrogen) atoms. The summed E-state index contributed by atoms with van der Waals surface area (Å²) in [5, 5.41) is 7.04. The summed E-state index contributed by atoms with van der Waals surface area (Å²) in [7, 11) is 0. The summed E-state index contributed by atoms with van der Waals surface area (Å²) in [5.41, 5.74) is 7.29. The third-order valence-electron chi connectivity index (χ3n) is 2.31. The largest absolute Gasteiger partial charge is 0.326 e. The first-order valence-electron chi connectivity index (χ1n) is 5.40. The van der Waals surface area contributed by atoms with E-state index in [-0.39, 0.29) is 0 Å². The van der Waals surface area contributed by atoms with E-state index in [2.05, 4.69) is 27.1 Å². The highest BCUT2D eigenvalue weighted by molar-refractivity contribution is 5.48. The molecule has 0 unspecified atom stereocenters. The molecule has 0 bridgehead atoms. The first-order chi connectivity index (χ1) is 7.83. The van der Waals surface area contributed by atoms with Crippen molar-refractivity contribution >= 4 is 0 Å². The summed E-state index contributed by atoms with van der Waals surface area (Å²) in [5.74, 6) is 1.55. The molecule has 0 amide bonds. The van der Waals surface area contributed by atoms with Crippen LogP contribution in [-0.4, -0.2) is 20.2 Å². The molecule has 2 rings (SSSR count). The summed E-state index contributed by atoms with van der Waals surface area (Å²) in [6, 6.07) is 3.83. The van der Waals surface area contributed by atoms with Crippen molar-refractivity contribution in [2.75, 3.05) is 0 Å². The average Bonchev–Trinajstić information content (AvgIpc) is 2.78. The Labute approximate surface area is 94.1 Å². The number of H-pyrrole nitrogens is 1. The SMILES string of the molecule is CCCc1nc(-c2ccc(CN)cn2)n[nH]1. The number of pyridine rings is 1. The van der Waals surface area contributed by atoms with Crippen molar-refractivity contribution in [3.8, 4) is 11.5 Å². The maximum absolute atomic E-state index is 5.50. The van der Waals surface area contributed by atoms with E-state index < -0.39 is 0 Å². The van der Waals surface area contributed by atoms with Crippen LogP contribution in [0.1, 0.15) is 24.7 Å². The molecule has 0 saturated heterocycles. The maximum Gasteiger partial charge on any atom is 0.199 e. The number of hydrogen-bond acceptors (Lipinski definition) is 4. The number of aryl methyl sites for hydroxylation is 1. The van der Waals surface area contributed by atoms with Crippen LogP contribution in [0.15, 0.2) is 18.3 Å². The van der Waals surface area contributed by atoms with Gasteiger partial charge in [-0.1, -0.05) is 13.0 Å². The number of nitrogens with two attached hydrogens (primary N) is 1. The smallest absolute Gasteiger partial charge is 0.199 e. The van der Waals surface area contributed by atoms with Crippen LogP contribution in [0.3, 0.4) is 0 Å². The van der Waals surface area contributed by atoms with Crippen LogP contribution in [0.25, 0.3) is 11.5 Å². The molecular weight excluding hydrogens is 202 g/mol. The van der Waals surface area contributed by atoms with Gasteiger partial charge in [0.2, 0.25) is 0 Å². The van der Waals surface area contributed by atoms with E-state index in [1.807, 2.05) is 12.1 Å². The van der Waals surface area contributed by atoms with Gasteiger partial charge in [0.15, 0.2) is 5.82 Å². The van der Waals surface area contributed by atoms with Crippen molar-refractivity contribution in [3.05, 3.63) is 29.7 Å². The highest BCUT2D eigenvalue weighted by Gasteiger charge is 2.06. The number of nitrogens with zero attached hydrogens (tertiary/aromatic N) is 3. The lowest BCUT2D eigenvalue weighted by molar-refractivity contribution is 0.841. The van der Waals surface area contributed by atoms with Gasteiger partial charge in [0.05, 0.1) is 0 Å². The number of hydrogen-bond donors (Lipinski definition) is 2. The van der Waals surface area contributed by atoms with Crippen LogP contribution in [0.4, 0.5) is 0 Å². The minimum absolute atomic E-state index is 0.502. The summed E-state index contributed by atoms with van der Waals surface area (Å²) in [6.45, 7) is 2.61. The van der Waals surface area contributed by atoms with Crippen LogP contribution in [-0.2, 0) is 13.0 Å². The van der Waals surface area contributed by atoms with Crippen LogP contribution >= 0.6 is 0 Å². The van der Waals surface area contributed by atoms with Gasteiger partial charge < -0.3 is 5.73 Å². The molecule has 0 saturated carbocycles. The van der Waals surface area contributed by atoms with Gasteiger partial charge >= 0.3 is 0 Å². The molecule has 0 spiro atoms. The Hall–Kier alpha value is -1.75. The third-order valence-corrected chi connectivity index (χ3v) is 2.31. The average molecular weight is 217 g/mol. The van der Waals surface area contributed by atoms with Crippen LogP contribution < -0.4 is 5.73 Å². The van der Waals surface area contributed by atoms with Crippen LogP contribution in [0, 0.1) is 0 Å². The Morgan fingerprint density at radius 3 is 2.88 bits per heavy atom. The van der Waals surface area contributed by atoms with Crippen molar-refractivity contribution in [2.24, 2.45) is 5.73 Å². The van der Waals surface area contributed by atoms with Gasteiger partial charge in [-0.15, -0.1) is 0 Å². The Balaban J connectivity index is 2.21. The van der Waals surface area contributed by atoms with Crippen molar-refractivity contribution < 1.29 is 0 Å². The van der Waals surface area contributed by atoms with Gasteiger partial charge in [-0.3, -0.25) is 10.1 Å². The van der Waals surface area contributed by atoms with Gasteiger partial charge in [-0.2, -0.15) is 5.10 Å². The molecule has 0 aliphatic heterocycles. The molecule has 0 fully saturated rings. The predicted octanol–water partition coefficient (Wildman–Crippen LogP) is 1.28. The highest BCUT2D eigenvalue weighted by Crippen LogP contribution is 2.12. The Morgan fingerprint density at radius 2 is 2.25 bits per heavy atom. The van der Waals surface area contributed by atoms with E-state index in [0.717, 1.165) is 29.9 Å². The molecule has 0 aliphatic carbocycles. The standard InChI is InChI=1S/C11H15N5/c1-2-3-10-14-11(16-15-10)9-5-4-8(6-12)7-13-9/h4-5,7H,2-3,6,12H2,1H3,(H,14,15,16). The minimum Gasteiger partial charge on any atom is -0.326 e. The van der Waals surface area contributed by atoms with Crippen molar-refractivity contribution in [2.45, 2.75) is 26.3 Å². The van der Waals surface area contributed by atoms with Gasteiger partial charge in [0.25, 0.3) is 0 Å². The molecule has 2 aromatic heterocycles. The summed E-state index contributed by atoms with van der Waals surface area (Å²) in [6.07, 6.45) is 3.72. The number of rotatable bonds is 4. The van der Waals surface area contributed by atoms with Gasteiger partial charge in [-0.25, -0.2) is 4.98 Å². The molecule has 0 atom stereocenters. The molecule has 0 aliphatic rings. The van der Waals surface area contributed by atoms with E-state index in [0.29, 0.717) is 12.4 Å². The van der Waals surface area contributed by atoms with Gasteiger partial charge in [-0.05, 0) is 18.1 Å². The predicted molar refractivity (Wildman–Crippen MR) is 61.5 cm³/mol. The third kappa shape index (κ3) is 2.25. The first kappa shape index (κ1) is 10.8. The molecule has 2 heterocycles. The van der Waals surface area contributed by atoms with E-state index >= 15 is 0 Å². The van der Waals surface area contributed by atoms with Crippen molar-refractivity contribution in [1.82, 2.24) is 20.2 Å². The molecule has 0 radical (unpaired) electrons. The van der Waals surface area contributed by atoms with Gasteiger partial charge in [0.1, 0.15) is 11.5 Å². The Morgan fingerprint density at radius 1 is 1.38 bits per heavy atom. The van der Waals surface area contributed by atoms with E-state index in [1.165, 1.54) is 0 Å². The lowest BCUT2D eigenvalue weighted by Crippen LogP contribution is -1.97.